The van der Waals surface area contributed by atoms with Crippen LogP contribution in [0.25, 0.3) is 0 Å². The molecule has 0 aromatic heterocycles. The number of hydrogen-bond donors (Lipinski definition) is 1. The first kappa shape index (κ1) is 13.3. The highest BCUT2D eigenvalue weighted by Crippen LogP contribution is 2.32. The molecule has 0 spiro atoms. The first-order valence-corrected chi connectivity index (χ1v) is 7.19. The Balaban J connectivity index is 1.88. The molecular weight excluding hydrogens is 214 g/mol. The summed E-state index contributed by atoms with van der Waals surface area (Å²) in [5.41, 5.74) is 0.119. The van der Waals surface area contributed by atoms with Gasteiger partial charge in [0, 0.05) is 31.7 Å². The minimum atomic E-state index is 0.119. The molecule has 1 unspecified atom stereocenters. The molecule has 2 aliphatic rings. The lowest BCUT2D eigenvalue weighted by atomic mass is 9.79. The summed E-state index contributed by atoms with van der Waals surface area (Å²) < 4.78 is 5.43. The van der Waals surface area contributed by atoms with Crippen molar-refractivity contribution in [3.8, 4) is 0 Å². The van der Waals surface area contributed by atoms with Crippen molar-refractivity contribution in [1.29, 1.82) is 0 Å². The molecule has 3 heteroatoms. The Bertz CT molecular complexity index is 226. The SMILES string of the molecule is CCC1CCCN(CC2(CO)CCOCC2)C1. The standard InChI is InChI=1S/C14H27NO2/c1-2-13-4-3-7-15(10-13)11-14(12-16)5-8-17-9-6-14/h13,16H,2-12H2,1H3. The molecule has 0 saturated carbocycles. The van der Waals surface area contributed by atoms with Crippen LogP contribution < -0.4 is 0 Å². The number of aliphatic hydroxyl groups excluding tert-OH is 1. The predicted molar refractivity (Wildman–Crippen MR) is 69.0 cm³/mol. The van der Waals surface area contributed by atoms with Gasteiger partial charge in [0.15, 0.2) is 0 Å². The molecule has 2 saturated heterocycles. The maximum absolute atomic E-state index is 9.71. The third-order valence-corrected chi connectivity index (χ3v) is 4.63. The van der Waals surface area contributed by atoms with Gasteiger partial charge in [-0.15, -0.1) is 0 Å². The van der Waals surface area contributed by atoms with Crippen molar-refractivity contribution in [2.75, 3.05) is 39.5 Å². The van der Waals surface area contributed by atoms with Gasteiger partial charge in [-0.3, -0.25) is 0 Å². The topological polar surface area (TPSA) is 32.7 Å². The van der Waals surface area contributed by atoms with Gasteiger partial charge in [-0.25, -0.2) is 0 Å². The van der Waals surface area contributed by atoms with Gasteiger partial charge in [0.25, 0.3) is 0 Å². The molecular formula is C14H27NO2. The zero-order chi connectivity index (χ0) is 12.1. The lowest BCUT2D eigenvalue weighted by molar-refractivity contribution is -0.0397. The van der Waals surface area contributed by atoms with Crippen molar-refractivity contribution in [1.82, 2.24) is 4.90 Å². The van der Waals surface area contributed by atoms with E-state index in [-0.39, 0.29) is 5.41 Å². The maximum atomic E-state index is 9.71. The largest absolute Gasteiger partial charge is 0.396 e. The quantitative estimate of drug-likeness (QED) is 0.816. The lowest BCUT2D eigenvalue weighted by Crippen LogP contribution is -2.47. The molecule has 0 bridgehead atoms. The Morgan fingerprint density at radius 2 is 2.12 bits per heavy atom. The van der Waals surface area contributed by atoms with Crippen LogP contribution in [-0.4, -0.2) is 49.5 Å². The van der Waals surface area contributed by atoms with Gasteiger partial charge >= 0.3 is 0 Å². The summed E-state index contributed by atoms with van der Waals surface area (Å²) in [6, 6.07) is 0. The Morgan fingerprint density at radius 1 is 1.35 bits per heavy atom. The number of aliphatic hydroxyl groups is 1. The van der Waals surface area contributed by atoms with Crippen LogP contribution in [0.1, 0.15) is 39.0 Å². The van der Waals surface area contributed by atoms with E-state index in [0.29, 0.717) is 6.61 Å². The summed E-state index contributed by atoms with van der Waals surface area (Å²) in [4.78, 5) is 2.58. The van der Waals surface area contributed by atoms with E-state index in [1.807, 2.05) is 0 Å². The van der Waals surface area contributed by atoms with E-state index >= 15 is 0 Å². The Hall–Kier alpha value is -0.120. The highest BCUT2D eigenvalue weighted by Gasteiger charge is 2.34. The number of piperidine rings is 1. The normalized spacial score (nSPS) is 30.4. The van der Waals surface area contributed by atoms with E-state index in [9.17, 15) is 5.11 Å². The molecule has 3 nitrogen and oxygen atoms in total. The Labute approximate surface area is 105 Å². The van der Waals surface area contributed by atoms with Gasteiger partial charge in [0.1, 0.15) is 0 Å². The van der Waals surface area contributed by atoms with Gasteiger partial charge in [0.2, 0.25) is 0 Å². The number of hydrogen-bond acceptors (Lipinski definition) is 3. The highest BCUT2D eigenvalue weighted by molar-refractivity contribution is 4.86. The van der Waals surface area contributed by atoms with Gasteiger partial charge < -0.3 is 14.7 Å². The van der Waals surface area contributed by atoms with Gasteiger partial charge in [-0.2, -0.15) is 0 Å². The van der Waals surface area contributed by atoms with Crippen LogP contribution in [0.2, 0.25) is 0 Å². The van der Waals surface area contributed by atoms with Crippen LogP contribution in [0, 0.1) is 11.3 Å². The van der Waals surface area contributed by atoms with Crippen LogP contribution in [-0.2, 0) is 4.74 Å². The van der Waals surface area contributed by atoms with Crippen molar-refractivity contribution < 1.29 is 9.84 Å². The molecule has 2 fully saturated rings. The molecule has 0 radical (unpaired) electrons. The number of ether oxygens (including phenoxy) is 1. The molecule has 17 heavy (non-hydrogen) atoms. The van der Waals surface area contributed by atoms with Crippen molar-refractivity contribution in [2.24, 2.45) is 11.3 Å². The van der Waals surface area contributed by atoms with E-state index < -0.39 is 0 Å². The Morgan fingerprint density at radius 3 is 2.76 bits per heavy atom. The third-order valence-electron chi connectivity index (χ3n) is 4.63. The average molecular weight is 241 g/mol. The third kappa shape index (κ3) is 3.43. The lowest BCUT2D eigenvalue weighted by Gasteiger charge is -2.42. The van der Waals surface area contributed by atoms with Crippen LogP contribution in [0.5, 0.6) is 0 Å². The fourth-order valence-electron chi connectivity index (χ4n) is 3.27. The summed E-state index contributed by atoms with van der Waals surface area (Å²) in [5, 5.41) is 9.71. The van der Waals surface area contributed by atoms with Crippen molar-refractivity contribution >= 4 is 0 Å². The van der Waals surface area contributed by atoms with E-state index in [0.717, 1.165) is 38.5 Å². The molecule has 0 amide bonds. The summed E-state index contributed by atoms with van der Waals surface area (Å²) in [6.45, 7) is 7.80. The summed E-state index contributed by atoms with van der Waals surface area (Å²) in [5.74, 6) is 0.874. The second-order valence-corrected chi connectivity index (χ2v) is 5.92. The Kier molecular flexibility index (Phi) is 4.83. The molecule has 2 rings (SSSR count). The highest BCUT2D eigenvalue weighted by atomic mass is 16.5. The fourth-order valence-corrected chi connectivity index (χ4v) is 3.27. The molecule has 100 valence electrons. The maximum Gasteiger partial charge on any atom is 0.0501 e. The van der Waals surface area contributed by atoms with E-state index in [4.69, 9.17) is 4.74 Å². The van der Waals surface area contributed by atoms with Crippen LogP contribution >= 0.6 is 0 Å². The van der Waals surface area contributed by atoms with E-state index in [1.165, 1.54) is 32.4 Å². The summed E-state index contributed by atoms with van der Waals surface area (Å²) >= 11 is 0. The fraction of sp³-hybridized carbons (Fsp3) is 1.00. The number of nitrogens with zero attached hydrogens (tertiary/aromatic N) is 1. The average Bonchev–Trinajstić information content (AvgIpc) is 2.40. The first-order valence-electron chi connectivity index (χ1n) is 7.19. The second kappa shape index (κ2) is 6.17. The van der Waals surface area contributed by atoms with Crippen LogP contribution in [0.3, 0.4) is 0 Å². The molecule has 1 N–H and O–H groups in total. The van der Waals surface area contributed by atoms with Crippen LogP contribution in [0.4, 0.5) is 0 Å². The molecule has 2 heterocycles. The minimum Gasteiger partial charge on any atom is -0.396 e. The van der Waals surface area contributed by atoms with Crippen molar-refractivity contribution in [3.63, 3.8) is 0 Å². The number of likely N-dealkylation sites (tertiary alicyclic amines) is 1. The zero-order valence-electron chi connectivity index (χ0n) is 11.2. The van der Waals surface area contributed by atoms with E-state index in [2.05, 4.69) is 11.8 Å². The van der Waals surface area contributed by atoms with Crippen molar-refractivity contribution in [3.05, 3.63) is 0 Å². The summed E-state index contributed by atoms with van der Waals surface area (Å²) in [7, 11) is 0. The van der Waals surface area contributed by atoms with Crippen molar-refractivity contribution in [2.45, 2.75) is 39.0 Å². The number of rotatable bonds is 4. The molecule has 0 aromatic rings. The van der Waals surface area contributed by atoms with Gasteiger partial charge in [-0.05, 0) is 38.1 Å². The van der Waals surface area contributed by atoms with E-state index in [1.54, 1.807) is 0 Å². The van der Waals surface area contributed by atoms with Gasteiger partial charge in [-0.1, -0.05) is 13.3 Å². The molecule has 0 aromatic carbocycles. The van der Waals surface area contributed by atoms with Gasteiger partial charge in [0.05, 0.1) is 6.61 Å². The monoisotopic (exact) mass is 241 g/mol. The second-order valence-electron chi connectivity index (χ2n) is 5.92. The summed E-state index contributed by atoms with van der Waals surface area (Å²) in [6.07, 6.45) is 6.07. The zero-order valence-corrected chi connectivity index (χ0v) is 11.2. The van der Waals surface area contributed by atoms with Crippen LogP contribution in [0.15, 0.2) is 0 Å². The minimum absolute atomic E-state index is 0.119. The molecule has 1 atom stereocenters. The molecule has 0 aliphatic carbocycles. The molecule has 2 aliphatic heterocycles. The first-order chi connectivity index (χ1) is 8.28. The predicted octanol–water partition coefficient (Wildman–Crippen LogP) is 1.90. The smallest absolute Gasteiger partial charge is 0.0501 e.